The van der Waals surface area contributed by atoms with Crippen LogP contribution in [-0.4, -0.2) is 225 Å². The van der Waals surface area contributed by atoms with E-state index in [0.717, 1.165) is 39.5 Å². The molecule has 25 heteroatoms. The van der Waals surface area contributed by atoms with Crippen LogP contribution in [0.3, 0.4) is 0 Å². The number of rotatable bonds is 25. The van der Waals surface area contributed by atoms with Gasteiger partial charge in [-0.3, -0.25) is 19.2 Å². The molecule has 420 valence electrons. The first kappa shape index (κ1) is 60.9. The van der Waals surface area contributed by atoms with Crippen molar-refractivity contribution in [1.82, 2.24) is 21.3 Å². The molecule has 4 aliphatic rings. The number of nitrogens with one attached hydrogen (secondary N) is 4. The van der Waals surface area contributed by atoms with Crippen LogP contribution >= 0.6 is 0 Å². The van der Waals surface area contributed by atoms with Gasteiger partial charge < -0.3 is 105 Å². The van der Waals surface area contributed by atoms with Crippen molar-refractivity contribution in [2.24, 2.45) is 0 Å². The van der Waals surface area contributed by atoms with Crippen LogP contribution in [-0.2, 0) is 47.5 Å². The Bertz CT molecular complexity index is 1950. The van der Waals surface area contributed by atoms with E-state index >= 15 is 0 Å². The number of unbranched alkanes of at least 4 members (excludes halogenated alkanes) is 5. The first-order valence-electron chi connectivity index (χ1n) is 25.3. The van der Waals surface area contributed by atoms with Gasteiger partial charge in [0, 0.05) is 26.3 Å². The van der Waals surface area contributed by atoms with Gasteiger partial charge in [-0.05, 0) is 50.8 Å². The normalized spacial score (nSPS) is 36.5. The van der Waals surface area contributed by atoms with Crippen LogP contribution < -0.4 is 26.0 Å². The van der Waals surface area contributed by atoms with Crippen LogP contribution in [0.1, 0.15) is 89.9 Å². The molecule has 5 rings (SSSR count). The van der Waals surface area contributed by atoms with E-state index in [1.54, 1.807) is 19.1 Å². The fourth-order valence-electron chi connectivity index (χ4n) is 9.47. The number of carbonyl (C=O) groups is 4. The highest BCUT2D eigenvalue weighted by atomic mass is 16.8. The lowest BCUT2D eigenvalue weighted by atomic mass is 9.92. The van der Waals surface area contributed by atoms with Crippen LogP contribution in [0, 0.1) is 0 Å². The first-order chi connectivity index (χ1) is 35.4. The van der Waals surface area contributed by atoms with Crippen LogP contribution in [0.4, 0.5) is 0 Å². The summed E-state index contributed by atoms with van der Waals surface area (Å²) in [4.78, 5) is 51.0. The van der Waals surface area contributed by atoms with Crippen molar-refractivity contribution in [2.75, 3.05) is 33.0 Å². The van der Waals surface area contributed by atoms with Gasteiger partial charge in [-0.1, -0.05) is 44.4 Å². The zero-order chi connectivity index (χ0) is 54.2. The smallest absolute Gasteiger partial charge is 0.251 e. The minimum atomic E-state index is -1.92. The molecule has 4 heterocycles. The zero-order valence-corrected chi connectivity index (χ0v) is 42.4. The summed E-state index contributed by atoms with van der Waals surface area (Å²) in [5.41, 5.74) is 0.0908. The molecular formula is C49H78N4O21. The van der Waals surface area contributed by atoms with E-state index in [1.807, 2.05) is 0 Å². The Hall–Kier alpha value is -4.00. The van der Waals surface area contributed by atoms with Crippen molar-refractivity contribution in [3.63, 3.8) is 0 Å². The summed E-state index contributed by atoms with van der Waals surface area (Å²) >= 11 is 0. The second-order valence-corrected chi connectivity index (χ2v) is 19.0. The Morgan fingerprint density at radius 3 is 1.49 bits per heavy atom. The Morgan fingerprint density at radius 1 is 0.554 bits per heavy atom. The number of aliphatic hydroxyl groups excluding tert-OH is 9. The molecule has 0 bridgehead atoms. The fraction of sp³-hybridized carbons (Fsp3) is 0.755. The number of hydrogen-bond donors (Lipinski definition) is 13. The molecule has 20 atom stereocenters. The standard InChI is InChI=1S/C49H78N4O21/c1-6-7-8-9-10-11-12-13-14-18-67-29-17-15-16-28(19-29)46(66)53-35-39(62)38(61)30(20-54)69-47(35)73-44-32(22-56)71-49(37(41(44)64)52-27(5)60)74-45-33(23-57)70-48(36(42(45)65)51-26(4)59)72-43-31(21-55)68-24(2)34(40(43)63)50-25(3)58/h11-12,15-17,19,24,30-45,47-49,54-57,61-65H,6-10,13-14,18,20-23H2,1-5H3,(H,50,58)(H,51,59)(H,52,60)(H,53,66)/b12-11-. The Morgan fingerprint density at radius 2 is 1.00 bits per heavy atom. The van der Waals surface area contributed by atoms with Crippen molar-refractivity contribution in [2.45, 2.75) is 202 Å². The van der Waals surface area contributed by atoms with Crippen molar-refractivity contribution in [1.29, 1.82) is 0 Å². The molecule has 0 saturated carbocycles. The molecule has 1 aromatic rings. The first-order valence-corrected chi connectivity index (χ1v) is 25.3. The topological polar surface area (TPSA) is 372 Å². The third kappa shape index (κ3) is 16.0. The van der Waals surface area contributed by atoms with Gasteiger partial charge in [0.05, 0.1) is 45.2 Å². The third-order valence-corrected chi connectivity index (χ3v) is 13.3. The maximum Gasteiger partial charge on any atom is 0.251 e. The lowest BCUT2D eigenvalue weighted by Gasteiger charge is -2.51. The van der Waals surface area contributed by atoms with Gasteiger partial charge in [-0.15, -0.1) is 0 Å². The molecular weight excluding hydrogens is 981 g/mol. The number of amides is 4. The number of aliphatic hydroxyl groups is 9. The highest BCUT2D eigenvalue weighted by Crippen LogP contribution is 2.35. The number of carbonyl (C=O) groups excluding carboxylic acids is 4. The van der Waals surface area contributed by atoms with Crippen molar-refractivity contribution >= 4 is 23.6 Å². The Labute approximate surface area is 429 Å². The molecule has 4 fully saturated rings. The average molecular weight is 1060 g/mol. The van der Waals surface area contributed by atoms with Gasteiger partial charge in [0.2, 0.25) is 17.7 Å². The monoisotopic (exact) mass is 1060 g/mol. The van der Waals surface area contributed by atoms with E-state index in [0.29, 0.717) is 12.4 Å². The maximum absolute atomic E-state index is 13.8. The molecule has 13 N–H and O–H groups in total. The number of allylic oxidation sites excluding steroid dienone is 2. The molecule has 4 saturated heterocycles. The molecule has 1 aromatic carbocycles. The van der Waals surface area contributed by atoms with Crippen LogP contribution in [0.2, 0.25) is 0 Å². The van der Waals surface area contributed by atoms with Crippen LogP contribution in [0.5, 0.6) is 5.75 Å². The summed E-state index contributed by atoms with van der Waals surface area (Å²) in [5.74, 6) is -2.34. The van der Waals surface area contributed by atoms with E-state index in [1.165, 1.54) is 38.3 Å². The van der Waals surface area contributed by atoms with Crippen molar-refractivity contribution in [3.8, 4) is 5.75 Å². The van der Waals surface area contributed by atoms with Gasteiger partial charge in [-0.2, -0.15) is 0 Å². The lowest BCUT2D eigenvalue weighted by molar-refractivity contribution is -0.359. The van der Waals surface area contributed by atoms with Gasteiger partial charge in [0.15, 0.2) is 18.9 Å². The molecule has 4 amide bonds. The van der Waals surface area contributed by atoms with Crippen LogP contribution in [0.25, 0.3) is 0 Å². The largest absolute Gasteiger partial charge is 0.494 e. The molecule has 0 aromatic heterocycles. The molecule has 0 spiro atoms. The second kappa shape index (κ2) is 29.5. The van der Waals surface area contributed by atoms with E-state index in [4.69, 9.17) is 37.9 Å². The predicted octanol–water partition coefficient (Wildman–Crippen LogP) is -3.12. The highest BCUT2D eigenvalue weighted by molar-refractivity contribution is 5.94. The summed E-state index contributed by atoms with van der Waals surface area (Å²) in [6, 6.07) is 0.383. The quantitative estimate of drug-likeness (QED) is 0.0340. The highest BCUT2D eigenvalue weighted by Gasteiger charge is 2.56. The van der Waals surface area contributed by atoms with Gasteiger partial charge in [-0.25, -0.2) is 0 Å². The van der Waals surface area contributed by atoms with E-state index < -0.39 is 172 Å². The van der Waals surface area contributed by atoms with E-state index in [-0.39, 0.29) is 5.56 Å². The van der Waals surface area contributed by atoms with Crippen LogP contribution in [0.15, 0.2) is 36.4 Å². The fourth-order valence-corrected chi connectivity index (χ4v) is 9.47. The maximum atomic E-state index is 13.8. The summed E-state index contributed by atoms with van der Waals surface area (Å²) in [7, 11) is 0. The van der Waals surface area contributed by atoms with Crippen molar-refractivity contribution < 1.29 is 103 Å². The third-order valence-electron chi connectivity index (χ3n) is 13.3. The zero-order valence-electron chi connectivity index (χ0n) is 42.4. The lowest BCUT2D eigenvalue weighted by Crippen LogP contribution is -2.71. The van der Waals surface area contributed by atoms with Gasteiger partial charge in [0.25, 0.3) is 5.91 Å². The van der Waals surface area contributed by atoms with Gasteiger partial charge in [0.1, 0.15) is 97.1 Å². The summed E-state index contributed by atoms with van der Waals surface area (Å²) < 4.78 is 48.1. The van der Waals surface area contributed by atoms with Crippen molar-refractivity contribution in [3.05, 3.63) is 42.0 Å². The van der Waals surface area contributed by atoms with Gasteiger partial charge >= 0.3 is 0 Å². The number of hydrogen-bond acceptors (Lipinski definition) is 21. The SMILES string of the molecule is CCCCCC/C=C\CCCOc1cccc(C(=O)NC2C(OC3C(CO)OC(OC4C(CO)OC(OC5C(CO)OC(C)C(NC(C)=O)C5O)C(NC(C)=O)C4O)C(NC(C)=O)C3O)OC(CO)C(O)C2O)c1. The molecule has 0 radical (unpaired) electrons. The summed E-state index contributed by atoms with van der Waals surface area (Å²) in [5, 5.41) is 109. The predicted molar refractivity (Wildman–Crippen MR) is 256 cm³/mol. The molecule has 25 nitrogen and oxygen atoms in total. The molecule has 4 aliphatic heterocycles. The number of benzene rings is 1. The minimum absolute atomic E-state index is 0.0908. The second-order valence-electron chi connectivity index (χ2n) is 19.0. The van der Waals surface area contributed by atoms with E-state index in [2.05, 4.69) is 40.3 Å². The minimum Gasteiger partial charge on any atom is -0.494 e. The summed E-state index contributed by atoms with van der Waals surface area (Å²) in [6.45, 7) is 4.19. The van der Waals surface area contributed by atoms with E-state index in [9.17, 15) is 65.1 Å². The Kier molecular flexibility index (Phi) is 24.3. The average Bonchev–Trinajstić information content (AvgIpc) is 3.36. The molecule has 20 unspecified atom stereocenters. The Balaban J connectivity index is 1.32. The summed E-state index contributed by atoms with van der Waals surface area (Å²) in [6.07, 6.45) is -14.0. The number of ether oxygens (including phenoxy) is 8. The molecule has 0 aliphatic carbocycles. The molecule has 74 heavy (non-hydrogen) atoms.